The number of hydrogen-bond donors (Lipinski definition) is 0. The fourth-order valence-corrected chi connectivity index (χ4v) is 2.91. The van der Waals surface area contributed by atoms with Crippen LogP contribution in [0.1, 0.15) is 51.9 Å². The van der Waals surface area contributed by atoms with Crippen LogP contribution in [0.25, 0.3) is 0 Å². The van der Waals surface area contributed by atoms with Crippen molar-refractivity contribution in [3.8, 4) is 0 Å². The zero-order valence-electron chi connectivity index (χ0n) is 10.2. The molecule has 0 aromatic carbocycles. The Morgan fingerprint density at radius 1 is 1.44 bits per heavy atom. The number of ketones is 1. The van der Waals surface area contributed by atoms with E-state index in [2.05, 4.69) is 6.92 Å². The molecule has 16 heavy (non-hydrogen) atoms. The average molecular weight is 222 g/mol. The predicted molar refractivity (Wildman–Crippen MR) is 64.0 cm³/mol. The van der Waals surface area contributed by atoms with E-state index in [0.717, 1.165) is 43.8 Å². The number of allylic oxidation sites excluding steroid dienone is 1. The second kappa shape index (κ2) is 5.51. The normalized spacial score (nSPS) is 30.4. The molecular formula is C14H22O2. The van der Waals surface area contributed by atoms with Gasteiger partial charge in [0.2, 0.25) is 0 Å². The van der Waals surface area contributed by atoms with Gasteiger partial charge in [0.25, 0.3) is 0 Å². The highest BCUT2D eigenvalue weighted by molar-refractivity contribution is 5.97. The Hall–Kier alpha value is -0.790. The molecule has 2 rings (SSSR count). The molecule has 1 aliphatic heterocycles. The Morgan fingerprint density at radius 3 is 3.00 bits per heavy atom. The van der Waals surface area contributed by atoms with Crippen molar-refractivity contribution < 1.29 is 9.53 Å². The molecule has 2 heteroatoms. The van der Waals surface area contributed by atoms with Gasteiger partial charge in [-0.05, 0) is 31.6 Å². The second-order valence-corrected chi connectivity index (χ2v) is 5.12. The molecule has 0 radical (unpaired) electrons. The van der Waals surface area contributed by atoms with Crippen LogP contribution in [0.15, 0.2) is 11.8 Å². The third-order valence-electron chi connectivity index (χ3n) is 3.98. The lowest BCUT2D eigenvalue weighted by Crippen LogP contribution is -2.25. The number of hydrogen-bond acceptors (Lipinski definition) is 2. The molecule has 2 unspecified atom stereocenters. The lowest BCUT2D eigenvalue weighted by molar-refractivity contribution is -0.121. The molecule has 2 atom stereocenters. The van der Waals surface area contributed by atoms with Crippen LogP contribution in [-0.4, -0.2) is 12.4 Å². The number of carbonyl (C=O) groups is 1. The minimum atomic E-state index is 0.284. The van der Waals surface area contributed by atoms with E-state index < -0.39 is 0 Å². The van der Waals surface area contributed by atoms with Crippen LogP contribution in [0.3, 0.4) is 0 Å². The monoisotopic (exact) mass is 222 g/mol. The molecule has 2 aliphatic rings. The minimum Gasteiger partial charge on any atom is -0.501 e. The topological polar surface area (TPSA) is 26.3 Å². The van der Waals surface area contributed by atoms with Crippen molar-refractivity contribution in [1.82, 2.24) is 0 Å². The Labute approximate surface area is 98.1 Å². The van der Waals surface area contributed by atoms with Gasteiger partial charge in [-0.3, -0.25) is 4.79 Å². The average Bonchev–Trinajstić information content (AvgIpc) is 2.39. The van der Waals surface area contributed by atoms with Crippen molar-refractivity contribution in [2.45, 2.75) is 51.9 Å². The van der Waals surface area contributed by atoms with Crippen molar-refractivity contribution in [3.05, 3.63) is 11.8 Å². The Bertz CT molecular complexity index is 280. The summed E-state index contributed by atoms with van der Waals surface area (Å²) in [5.74, 6) is 1.43. The summed E-state index contributed by atoms with van der Waals surface area (Å²) in [6.07, 6.45) is 9.59. The van der Waals surface area contributed by atoms with E-state index in [0.29, 0.717) is 5.78 Å². The molecule has 1 heterocycles. The molecule has 0 N–H and O–H groups in total. The smallest absolute Gasteiger partial charge is 0.164 e. The van der Waals surface area contributed by atoms with Gasteiger partial charge < -0.3 is 4.74 Å². The number of rotatable bonds is 3. The fourth-order valence-electron chi connectivity index (χ4n) is 2.91. The zero-order valence-corrected chi connectivity index (χ0v) is 10.2. The van der Waals surface area contributed by atoms with E-state index in [1.54, 1.807) is 6.26 Å². The molecule has 0 aromatic heterocycles. The molecule has 0 aromatic rings. The predicted octanol–water partition coefficient (Wildman–Crippen LogP) is 3.47. The Morgan fingerprint density at radius 2 is 2.31 bits per heavy atom. The maximum absolute atomic E-state index is 12.3. The molecule has 0 bridgehead atoms. The third kappa shape index (κ3) is 2.66. The highest BCUT2D eigenvalue weighted by Gasteiger charge is 2.28. The van der Waals surface area contributed by atoms with E-state index in [-0.39, 0.29) is 5.92 Å². The molecule has 1 saturated carbocycles. The molecule has 1 fully saturated rings. The molecular weight excluding hydrogens is 200 g/mol. The Balaban J connectivity index is 1.95. The first-order chi connectivity index (χ1) is 7.81. The maximum atomic E-state index is 12.3. The van der Waals surface area contributed by atoms with Crippen molar-refractivity contribution in [2.75, 3.05) is 6.61 Å². The summed E-state index contributed by atoms with van der Waals surface area (Å²) in [5.41, 5.74) is 0.938. The van der Waals surface area contributed by atoms with Crippen LogP contribution in [0, 0.1) is 11.8 Å². The Kier molecular flexibility index (Phi) is 4.03. The molecule has 2 nitrogen and oxygen atoms in total. The highest BCUT2D eigenvalue weighted by Crippen LogP contribution is 2.33. The number of Topliss-reactive ketones (excluding diaryl/α,β-unsaturated/α-hetero) is 1. The minimum absolute atomic E-state index is 0.284. The molecule has 0 spiro atoms. The van der Waals surface area contributed by atoms with Crippen molar-refractivity contribution in [2.24, 2.45) is 11.8 Å². The first kappa shape index (κ1) is 11.7. The third-order valence-corrected chi connectivity index (χ3v) is 3.98. The van der Waals surface area contributed by atoms with Gasteiger partial charge in [0.05, 0.1) is 12.9 Å². The van der Waals surface area contributed by atoms with E-state index in [4.69, 9.17) is 4.74 Å². The van der Waals surface area contributed by atoms with E-state index in [1.165, 1.54) is 19.3 Å². The van der Waals surface area contributed by atoms with E-state index >= 15 is 0 Å². The first-order valence-electron chi connectivity index (χ1n) is 6.66. The maximum Gasteiger partial charge on any atom is 0.164 e. The SMILES string of the molecule is CCC1CCCC(C(=O)C2=COCCC2)C1. The van der Waals surface area contributed by atoms with Gasteiger partial charge in [-0.25, -0.2) is 0 Å². The number of ether oxygens (including phenoxy) is 1. The van der Waals surface area contributed by atoms with Gasteiger partial charge in [-0.15, -0.1) is 0 Å². The van der Waals surface area contributed by atoms with Crippen molar-refractivity contribution in [1.29, 1.82) is 0 Å². The van der Waals surface area contributed by atoms with E-state index in [1.807, 2.05) is 0 Å². The molecule has 1 aliphatic carbocycles. The standard InChI is InChI=1S/C14H22O2/c1-2-11-5-3-6-12(9-11)14(15)13-7-4-8-16-10-13/h10-12H,2-9H2,1H3. The van der Waals surface area contributed by atoms with Gasteiger partial charge in [0.15, 0.2) is 5.78 Å². The van der Waals surface area contributed by atoms with Gasteiger partial charge in [0, 0.05) is 11.5 Å². The second-order valence-electron chi connectivity index (χ2n) is 5.12. The summed E-state index contributed by atoms with van der Waals surface area (Å²) in [4.78, 5) is 12.3. The first-order valence-corrected chi connectivity index (χ1v) is 6.66. The summed E-state index contributed by atoms with van der Waals surface area (Å²) >= 11 is 0. The van der Waals surface area contributed by atoms with Gasteiger partial charge in [-0.1, -0.05) is 26.2 Å². The van der Waals surface area contributed by atoms with Gasteiger partial charge in [0.1, 0.15) is 0 Å². The van der Waals surface area contributed by atoms with Crippen LogP contribution in [-0.2, 0) is 9.53 Å². The lowest BCUT2D eigenvalue weighted by Gasteiger charge is -2.28. The summed E-state index contributed by atoms with van der Waals surface area (Å²) in [7, 11) is 0. The molecule has 90 valence electrons. The highest BCUT2D eigenvalue weighted by atomic mass is 16.5. The largest absolute Gasteiger partial charge is 0.501 e. The summed E-state index contributed by atoms with van der Waals surface area (Å²) in [6.45, 7) is 3.01. The van der Waals surface area contributed by atoms with Crippen molar-refractivity contribution >= 4 is 5.78 Å². The fraction of sp³-hybridized carbons (Fsp3) is 0.786. The van der Waals surface area contributed by atoms with Crippen LogP contribution in [0.4, 0.5) is 0 Å². The summed E-state index contributed by atoms with van der Waals surface area (Å²) < 4.78 is 5.26. The molecule has 0 saturated heterocycles. The van der Waals surface area contributed by atoms with Crippen molar-refractivity contribution in [3.63, 3.8) is 0 Å². The lowest BCUT2D eigenvalue weighted by atomic mass is 9.76. The quantitative estimate of drug-likeness (QED) is 0.731. The zero-order chi connectivity index (χ0) is 11.4. The van der Waals surface area contributed by atoms with Crippen LogP contribution in [0.2, 0.25) is 0 Å². The van der Waals surface area contributed by atoms with Gasteiger partial charge >= 0.3 is 0 Å². The van der Waals surface area contributed by atoms with Crippen LogP contribution >= 0.6 is 0 Å². The molecule has 0 amide bonds. The van der Waals surface area contributed by atoms with E-state index in [9.17, 15) is 4.79 Å². The number of carbonyl (C=O) groups excluding carboxylic acids is 1. The van der Waals surface area contributed by atoms with Crippen LogP contribution < -0.4 is 0 Å². The van der Waals surface area contributed by atoms with Crippen LogP contribution in [0.5, 0.6) is 0 Å². The summed E-state index contributed by atoms with van der Waals surface area (Å²) in [6, 6.07) is 0. The summed E-state index contributed by atoms with van der Waals surface area (Å²) in [5, 5.41) is 0. The van der Waals surface area contributed by atoms with Gasteiger partial charge in [-0.2, -0.15) is 0 Å².